The Morgan fingerprint density at radius 2 is 2.03 bits per heavy atom. The molecule has 4 atom stereocenters. The number of anilines is 3. The lowest BCUT2D eigenvalue weighted by Crippen LogP contribution is -2.41. The van der Waals surface area contributed by atoms with Crippen molar-refractivity contribution in [3.8, 4) is 0 Å². The van der Waals surface area contributed by atoms with E-state index in [1.54, 1.807) is 0 Å². The van der Waals surface area contributed by atoms with Crippen molar-refractivity contribution in [3.63, 3.8) is 0 Å². The second-order valence-electron chi connectivity index (χ2n) is 7.97. The molecule has 148 valence electrons. The van der Waals surface area contributed by atoms with Gasteiger partial charge in [0.05, 0.1) is 28.8 Å². The molecule has 7 heteroatoms. The third kappa shape index (κ3) is 2.77. The van der Waals surface area contributed by atoms with Gasteiger partial charge in [-0.15, -0.1) is 11.8 Å². The molecule has 0 spiro atoms. The predicted octanol–water partition coefficient (Wildman–Crippen LogP) is 2.93. The molecule has 0 bridgehead atoms. The summed E-state index contributed by atoms with van der Waals surface area (Å²) in [5.74, 6) is 0. The van der Waals surface area contributed by atoms with E-state index in [-0.39, 0.29) is 12.3 Å². The lowest BCUT2D eigenvalue weighted by atomic mass is 10.0. The molecule has 6 nitrogen and oxygen atoms in total. The van der Waals surface area contributed by atoms with E-state index in [1.165, 1.54) is 28.1 Å². The molecule has 4 aliphatic rings. The van der Waals surface area contributed by atoms with Crippen LogP contribution in [0.5, 0.6) is 0 Å². The number of nitrogens with two attached hydrogens (primary N) is 1. The second-order valence-corrected chi connectivity index (χ2v) is 9.02. The molecule has 2 aromatic carbocycles. The Bertz CT molecular complexity index is 1020. The standard InChI is InChI=1S/C22H24N6S/c1-27-18-13(12-29-20(18)21(23)26-27)11-28-17-8-7-16-15(19(17)28)9-10-24-22(16)25-14-5-3-2-4-6-14/h2-10,12,18,20-22,24-26H,11,23H2,1H3. The number of para-hydroxylation sites is 1. The summed E-state index contributed by atoms with van der Waals surface area (Å²) in [4.78, 5) is 2.43. The number of hydrogen-bond acceptors (Lipinski definition) is 7. The molecular weight excluding hydrogens is 380 g/mol. The highest BCUT2D eigenvalue weighted by Crippen LogP contribution is 2.54. The van der Waals surface area contributed by atoms with Crippen molar-refractivity contribution in [2.45, 2.75) is 23.6 Å². The van der Waals surface area contributed by atoms with E-state index in [1.807, 2.05) is 24.0 Å². The van der Waals surface area contributed by atoms with Gasteiger partial charge in [0.25, 0.3) is 0 Å². The van der Waals surface area contributed by atoms with Crippen LogP contribution in [0.4, 0.5) is 17.1 Å². The van der Waals surface area contributed by atoms with Gasteiger partial charge < -0.3 is 21.3 Å². The average molecular weight is 405 g/mol. The molecule has 0 saturated carbocycles. The van der Waals surface area contributed by atoms with E-state index in [4.69, 9.17) is 5.73 Å². The Morgan fingerprint density at radius 1 is 1.17 bits per heavy atom. The maximum Gasteiger partial charge on any atom is 0.123 e. The minimum atomic E-state index is 0.0203. The minimum absolute atomic E-state index is 0.0203. The van der Waals surface area contributed by atoms with Gasteiger partial charge >= 0.3 is 0 Å². The van der Waals surface area contributed by atoms with E-state index in [0.29, 0.717) is 11.3 Å². The molecule has 0 amide bonds. The molecule has 4 unspecified atom stereocenters. The van der Waals surface area contributed by atoms with Crippen LogP contribution in [0.25, 0.3) is 6.08 Å². The Labute approximate surface area is 174 Å². The highest BCUT2D eigenvalue weighted by atomic mass is 32.2. The quantitative estimate of drug-likeness (QED) is 0.584. The van der Waals surface area contributed by atoms with Gasteiger partial charge in [0.15, 0.2) is 0 Å². The summed E-state index contributed by atoms with van der Waals surface area (Å²) in [7, 11) is 2.09. The molecule has 4 aliphatic heterocycles. The summed E-state index contributed by atoms with van der Waals surface area (Å²) >= 11 is 1.86. The first kappa shape index (κ1) is 17.4. The number of nitrogens with one attached hydrogen (secondary N) is 3. The third-order valence-electron chi connectivity index (χ3n) is 6.18. The van der Waals surface area contributed by atoms with Gasteiger partial charge in [0.2, 0.25) is 0 Å². The van der Waals surface area contributed by atoms with Crippen LogP contribution in [0.2, 0.25) is 0 Å². The van der Waals surface area contributed by atoms with E-state index in [9.17, 15) is 0 Å². The molecular formula is C22H24N6S. The smallest absolute Gasteiger partial charge is 0.123 e. The molecule has 0 radical (unpaired) electrons. The van der Waals surface area contributed by atoms with Gasteiger partial charge in [-0.2, -0.15) is 0 Å². The largest absolute Gasteiger partial charge is 0.368 e. The number of likely N-dealkylation sites (N-methyl/N-ethyl adjacent to an activating group) is 1. The van der Waals surface area contributed by atoms with Gasteiger partial charge in [-0.3, -0.25) is 0 Å². The van der Waals surface area contributed by atoms with E-state index in [2.05, 4.69) is 80.9 Å². The van der Waals surface area contributed by atoms with E-state index < -0.39 is 0 Å². The zero-order chi connectivity index (χ0) is 19.5. The highest BCUT2D eigenvalue weighted by Gasteiger charge is 2.45. The summed E-state index contributed by atoms with van der Waals surface area (Å²) < 4.78 is 0. The Kier molecular flexibility index (Phi) is 3.92. The van der Waals surface area contributed by atoms with Crippen molar-refractivity contribution < 1.29 is 0 Å². The summed E-state index contributed by atoms with van der Waals surface area (Å²) in [5.41, 5.74) is 17.4. The second kappa shape index (κ2) is 6.53. The molecule has 4 heterocycles. The van der Waals surface area contributed by atoms with Crippen LogP contribution in [0.15, 0.2) is 59.6 Å². The van der Waals surface area contributed by atoms with Gasteiger partial charge in [-0.1, -0.05) is 24.3 Å². The van der Waals surface area contributed by atoms with Crippen molar-refractivity contribution in [1.82, 2.24) is 15.8 Å². The zero-order valence-electron chi connectivity index (χ0n) is 16.2. The molecule has 1 fully saturated rings. The summed E-state index contributed by atoms with van der Waals surface area (Å²) in [5, 5.41) is 11.9. The molecule has 0 aliphatic carbocycles. The predicted molar refractivity (Wildman–Crippen MR) is 121 cm³/mol. The summed E-state index contributed by atoms with van der Waals surface area (Å²) in [6.45, 7) is 0.927. The Balaban J connectivity index is 1.23. The van der Waals surface area contributed by atoms with Crippen LogP contribution in [0.3, 0.4) is 0 Å². The average Bonchev–Trinajstić information content (AvgIpc) is 3.13. The lowest BCUT2D eigenvalue weighted by molar-refractivity contribution is 0.249. The maximum absolute atomic E-state index is 6.23. The van der Waals surface area contributed by atoms with Crippen molar-refractivity contribution >= 4 is 34.9 Å². The van der Waals surface area contributed by atoms with Gasteiger partial charge in [-0.05, 0) is 41.5 Å². The monoisotopic (exact) mass is 404 g/mol. The van der Waals surface area contributed by atoms with Crippen molar-refractivity contribution in [1.29, 1.82) is 0 Å². The topological polar surface area (TPSA) is 68.4 Å². The SMILES string of the molecule is CN1NC(N)C2SC=C(CN3c4ccc5c(c43)C=CNC5Nc3ccccc3)C21. The van der Waals surface area contributed by atoms with Gasteiger partial charge in [0.1, 0.15) is 6.17 Å². The number of rotatable bonds is 4. The van der Waals surface area contributed by atoms with Crippen LogP contribution >= 0.6 is 11.8 Å². The summed E-state index contributed by atoms with van der Waals surface area (Å²) in [6.07, 6.45) is 4.33. The minimum Gasteiger partial charge on any atom is -0.368 e. The first-order valence-electron chi connectivity index (χ1n) is 9.98. The first-order valence-corrected chi connectivity index (χ1v) is 10.9. The van der Waals surface area contributed by atoms with Crippen LogP contribution in [-0.2, 0) is 0 Å². The van der Waals surface area contributed by atoms with Gasteiger partial charge in [0, 0.05) is 30.4 Å². The first-order chi connectivity index (χ1) is 14.2. The van der Waals surface area contributed by atoms with Crippen LogP contribution in [0.1, 0.15) is 17.3 Å². The molecule has 1 saturated heterocycles. The molecule has 5 N–H and O–H groups in total. The zero-order valence-corrected chi connectivity index (χ0v) is 17.0. The number of fused-ring (bicyclic) bond motifs is 4. The molecule has 29 heavy (non-hydrogen) atoms. The third-order valence-corrected chi connectivity index (χ3v) is 7.49. The number of benzene rings is 2. The normalized spacial score (nSPS) is 29.0. The molecule has 0 aromatic heterocycles. The van der Waals surface area contributed by atoms with Gasteiger partial charge in [-0.25, -0.2) is 10.4 Å². The fourth-order valence-electron chi connectivity index (χ4n) is 4.76. The number of thioether (sulfide) groups is 1. The van der Waals surface area contributed by atoms with Crippen molar-refractivity contribution in [3.05, 3.63) is 70.8 Å². The molecule has 2 aromatic rings. The van der Waals surface area contributed by atoms with Crippen molar-refractivity contribution in [2.75, 3.05) is 23.8 Å². The Hall–Kier alpha value is -2.45. The van der Waals surface area contributed by atoms with E-state index in [0.717, 1.165) is 12.2 Å². The van der Waals surface area contributed by atoms with Crippen LogP contribution in [0, 0.1) is 0 Å². The van der Waals surface area contributed by atoms with Crippen molar-refractivity contribution in [2.24, 2.45) is 5.73 Å². The molecule has 6 rings (SSSR count). The van der Waals surface area contributed by atoms with Crippen LogP contribution < -0.4 is 26.7 Å². The number of nitrogens with zero attached hydrogens (tertiary/aromatic N) is 2. The van der Waals surface area contributed by atoms with Crippen LogP contribution in [-0.4, -0.2) is 36.1 Å². The Morgan fingerprint density at radius 3 is 2.90 bits per heavy atom. The van der Waals surface area contributed by atoms with E-state index >= 15 is 0 Å². The number of hydrogen-bond donors (Lipinski definition) is 4. The fraction of sp³-hybridized carbons (Fsp3) is 0.273. The maximum atomic E-state index is 6.23. The highest BCUT2D eigenvalue weighted by molar-refractivity contribution is 8.03. The number of hydrazine groups is 1. The lowest BCUT2D eigenvalue weighted by Gasteiger charge is -2.25. The summed E-state index contributed by atoms with van der Waals surface area (Å²) in [6, 6.07) is 15.2. The fourth-order valence-corrected chi connectivity index (χ4v) is 6.05.